The molecule has 7 aromatic rings. The fourth-order valence-corrected chi connectivity index (χ4v) is 11.3. The molecule has 10 rings (SSSR count). The molecule has 16 heteroatoms. The molecule has 332 valence electrons. The zero-order valence-corrected chi connectivity index (χ0v) is 38.2. The number of carbonyl (C=O) groups excluding carboxylic acids is 1. The van der Waals surface area contributed by atoms with Gasteiger partial charge in [-0.05, 0) is 150 Å². The lowest BCUT2D eigenvalue weighted by Crippen LogP contribution is -2.41. The van der Waals surface area contributed by atoms with Crippen molar-refractivity contribution in [3.8, 4) is 17.2 Å². The fourth-order valence-electron chi connectivity index (χ4n) is 10.4. The monoisotopic (exact) mass is 886 g/mol. The number of benzene rings is 3. The summed E-state index contributed by atoms with van der Waals surface area (Å²) in [4.78, 5) is 47.2. The summed E-state index contributed by atoms with van der Waals surface area (Å²) < 4.78 is 45.8. The van der Waals surface area contributed by atoms with Gasteiger partial charge >= 0.3 is 11.4 Å². The van der Waals surface area contributed by atoms with E-state index >= 15 is 9.18 Å². The van der Waals surface area contributed by atoms with E-state index in [1.54, 1.807) is 80.7 Å². The number of H-pyrrole nitrogens is 1. The number of hydrogen-bond acceptors (Lipinski definition) is 8. The summed E-state index contributed by atoms with van der Waals surface area (Å²) in [5.41, 5.74) is 4.43. The van der Waals surface area contributed by atoms with Crippen LogP contribution in [0.4, 0.5) is 4.39 Å². The van der Waals surface area contributed by atoms with Crippen LogP contribution < -0.4 is 16.8 Å². The second kappa shape index (κ2) is 14.7. The Morgan fingerprint density at radius 2 is 1.64 bits per heavy atom. The van der Waals surface area contributed by atoms with Gasteiger partial charge in [0.2, 0.25) is 0 Å². The standard InChI is InChI=1S/C48H52FN8O6P/c1-27-21-35(22-28(2)41(27)49)57-42(55-19-18-54(46(55)60)34-10-12-36(13-11-34)64(7,8)61)40-30(4)53(17-15-37(40)51-57)43(58)39-24-33-23-31(32-16-20-62-47(5,6)26-32)9-14-38(33)56(39)48(25-29(48)3)44-50-45(59)63-52-44/h9-14,18-19,21-24,29-30,32H,15-17,20,25-26H2,1-8H3,(H,50,52,59)/t29-,30-,32?,48-/m0/s1. The van der Waals surface area contributed by atoms with Gasteiger partial charge < -0.3 is 18.8 Å². The number of rotatable bonds is 8. The summed E-state index contributed by atoms with van der Waals surface area (Å²) in [7, 11) is -2.52. The molecule has 3 aliphatic rings. The molecule has 1 unspecified atom stereocenters. The Morgan fingerprint density at radius 3 is 2.28 bits per heavy atom. The topological polar surface area (TPSA) is 155 Å². The maximum atomic E-state index is 15.5. The van der Waals surface area contributed by atoms with Gasteiger partial charge in [0, 0.05) is 53.7 Å². The summed E-state index contributed by atoms with van der Waals surface area (Å²) >= 11 is 0. The number of ether oxygens (including phenoxy) is 1. The van der Waals surface area contributed by atoms with Crippen molar-refractivity contribution in [1.29, 1.82) is 0 Å². The highest BCUT2D eigenvalue weighted by Crippen LogP contribution is 2.56. The second-order valence-corrected chi connectivity index (χ2v) is 22.3. The van der Waals surface area contributed by atoms with Crippen molar-refractivity contribution in [3.63, 3.8) is 0 Å². The van der Waals surface area contributed by atoms with Crippen LogP contribution in [0.25, 0.3) is 28.1 Å². The number of halogens is 1. The summed E-state index contributed by atoms with van der Waals surface area (Å²) in [5, 5.41) is 10.9. The molecule has 1 aliphatic carbocycles. The Labute approximate surface area is 369 Å². The van der Waals surface area contributed by atoms with Crippen molar-refractivity contribution in [2.75, 3.05) is 26.5 Å². The largest absolute Gasteiger partial charge is 0.438 e. The maximum absolute atomic E-state index is 15.5. The number of nitrogens with one attached hydrogen (secondary N) is 1. The lowest BCUT2D eigenvalue weighted by molar-refractivity contribution is -0.0592. The SMILES string of the molecule is Cc1cc(-n2nc3c(c2-n2ccn(-c4ccc(P(C)(C)=O)cc4)c2=O)[C@H](C)N(C(=O)c2cc4cc(C5CCOC(C)(C)C5)ccc4n2[C@@]2(c4noc(=O)[nH]4)C[C@@H]2C)CC3)cc(C)c1F. The van der Waals surface area contributed by atoms with Crippen LogP contribution in [0.5, 0.6) is 0 Å². The molecule has 0 radical (unpaired) electrons. The highest BCUT2D eigenvalue weighted by atomic mass is 31.2. The van der Waals surface area contributed by atoms with Gasteiger partial charge in [0.1, 0.15) is 30.0 Å². The van der Waals surface area contributed by atoms with Crippen molar-refractivity contribution in [3.05, 3.63) is 139 Å². The van der Waals surface area contributed by atoms with Crippen LogP contribution in [0.3, 0.4) is 0 Å². The Bertz CT molecular complexity index is 3180. The van der Waals surface area contributed by atoms with Crippen LogP contribution in [0, 0.1) is 25.6 Å². The van der Waals surface area contributed by atoms with Crippen LogP contribution in [0.1, 0.15) is 103 Å². The second-order valence-electron chi connectivity index (χ2n) is 19.1. The minimum absolute atomic E-state index is 0.0183. The number of aromatic nitrogens is 7. The number of carbonyl (C=O) groups is 1. The van der Waals surface area contributed by atoms with Gasteiger partial charge in [-0.15, -0.1) is 0 Å². The molecule has 1 saturated carbocycles. The Kier molecular flexibility index (Phi) is 9.66. The minimum Gasteiger partial charge on any atom is -0.376 e. The highest BCUT2D eigenvalue weighted by molar-refractivity contribution is 7.70. The van der Waals surface area contributed by atoms with E-state index in [1.807, 2.05) is 22.5 Å². The molecule has 4 aromatic heterocycles. The summed E-state index contributed by atoms with van der Waals surface area (Å²) in [5.74, 6) is -0.104. The van der Waals surface area contributed by atoms with Crippen LogP contribution in [0.15, 0.2) is 87.2 Å². The van der Waals surface area contributed by atoms with E-state index in [0.717, 1.165) is 23.7 Å². The summed E-state index contributed by atoms with van der Waals surface area (Å²) in [6.07, 6.45) is 6.13. The molecule has 4 atom stereocenters. The smallest absolute Gasteiger partial charge is 0.376 e. The van der Waals surface area contributed by atoms with Crippen LogP contribution in [-0.2, 0) is 21.3 Å². The van der Waals surface area contributed by atoms with Gasteiger partial charge in [0.25, 0.3) is 5.91 Å². The fraction of sp³-hybridized carbons (Fsp3) is 0.396. The first-order valence-corrected chi connectivity index (χ1v) is 24.5. The third kappa shape index (κ3) is 6.69. The van der Waals surface area contributed by atoms with Gasteiger partial charge in [-0.3, -0.25) is 23.4 Å². The van der Waals surface area contributed by atoms with Crippen molar-refractivity contribution in [2.45, 2.75) is 90.3 Å². The normalized spacial score (nSPS) is 22.0. The van der Waals surface area contributed by atoms with Crippen molar-refractivity contribution < 1.29 is 23.0 Å². The molecule has 3 aromatic carbocycles. The Morgan fingerprint density at radius 1 is 0.938 bits per heavy atom. The molecular weight excluding hydrogens is 835 g/mol. The third-order valence-corrected chi connectivity index (χ3v) is 15.4. The van der Waals surface area contributed by atoms with Crippen molar-refractivity contribution in [2.24, 2.45) is 5.92 Å². The molecule has 2 fully saturated rings. The zero-order chi connectivity index (χ0) is 45.2. The predicted octanol–water partition coefficient (Wildman–Crippen LogP) is 7.66. The van der Waals surface area contributed by atoms with Gasteiger partial charge in [0.15, 0.2) is 5.82 Å². The summed E-state index contributed by atoms with van der Waals surface area (Å²) in [6, 6.07) is 18.3. The van der Waals surface area contributed by atoms with Crippen molar-refractivity contribution >= 4 is 29.3 Å². The Balaban J connectivity index is 1.11. The van der Waals surface area contributed by atoms with Gasteiger partial charge in [-0.1, -0.05) is 18.1 Å². The molecule has 14 nitrogen and oxygen atoms in total. The number of fused-ring (bicyclic) bond motifs is 2. The molecule has 1 N–H and O–H groups in total. The molecule has 1 saturated heterocycles. The number of imidazole rings is 1. The van der Waals surface area contributed by atoms with Gasteiger partial charge in [-0.25, -0.2) is 18.7 Å². The number of aryl methyl sites for hydroxylation is 2. The van der Waals surface area contributed by atoms with Crippen molar-refractivity contribution in [1.82, 2.24) is 38.5 Å². The number of hydrogen-bond donors (Lipinski definition) is 1. The number of aromatic amines is 1. The molecule has 64 heavy (non-hydrogen) atoms. The van der Waals surface area contributed by atoms with E-state index < -0.39 is 24.5 Å². The number of amides is 1. The van der Waals surface area contributed by atoms with Crippen LogP contribution >= 0.6 is 7.14 Å². The van der Waals surface area contributed by atoms with Crippen LogP contribution in [-0.4, -0.2) is 76.5 Å². The van der Waals surface area contributed by atoms with E-state index in [4.69, 9.17) is 14.4 Å². The molecule has 2 aliphatic heterocycles. The van der Waals surface area contributed by atoms with E-state index in [2.05, 4.69) is 49.1 Å². The highest BCUT2D eigenvalue weighted by Gasteiger charge is 2.59. The molecule has 0 bridgehead atoms. The molecular formula is C48H52FN8O6P. The van der Waals surface area contributed by atoms with Gasteiger partial charge in [-0.2, -0.15) is 5.10 Å². The van der Waals surface area contributed by atoms with Crippen LogP contribution in [0.2, 0.25) is 0 Å². The van der Waals surface area contributed by atoms with E-state index in [0.29, 0.717) is 82.4 Å². The van der Waals surface area contributed by atoms with E-state index in [-0.39, 0.29) is 34.9 Å². The first-order chi connectivity index (χ1) is 30.4. The molecule has 6 heterocycles. The first-order valence-electron chi connectivity index (χ1n) is 21.9. The van der Waals surface area contributed by atoms with E-state index in [1.165, 1.54) is 14.7 Å². The maximum Gasteiger partial charge on any atom is 0.438 e. The molecule has 1 amide bonds. The average Bonchev–Trinajstić information content (AvgIpc) is 3.74. The first kappa shape index (κ1) is 41.9. The number of nitrogens with zero attached hydrogens (tertiary/aromatic N) is 7. The zero-order valence-electron chi connectivity index (χ0n) is 37.3. The quantitative estimate of drug-likeness (QED) is 0.153. The lowest BCUT2D eigenvalue weighted by atomic mass is 9.83. The predicted molar refractivity (Wildman–Crippen MR) is 242 cm³/mol. The average molecular weight is 887 g/mol. The van der Waals surface area contributed by atoms with E-state index in [9.17, 15) is 14.2 Å². The third-order valence-electron chi connectivity index (χ3n) is 13.9. The minimum atomic E-state index is -2.52. The lowest BCUT2D eigenvalue weighted by Gasteiger charge is -2.35. The van der Waals surface area contributed by atoms with Gasteiger partial charge in [0.05, 0.1) is 28.7 Å². The Hall–Kier alpha value is -6.05. The summed E-state index contributed by atoms with van der Waals surface area (Å²) in [6.45, 7) is 16.1. The molecule has 0 spiro atoms.